The van der Waals surface area contributed by atoms with Crippen LogP contribution in [0, 0.1) is 5.92 Å². The number of nitrogens with zero attached hydrogens (tertiary/aromatic N) is 2. The van der Waals surface area contributed by atoms with Crippen molar-refractivity contribution < 1.29 is 14.7 Å². The Morgan fingerprint density at radius 1 is 1.50 bits per heavy atom. The molecular formula is C11H13N3O4. The Labute approximate surface area is 102 Å². The number of aromatic amines is 1. The molecule has 2 rings (SSSR count). The maximum atomic E-state index is 12.1. The minimum Gasteiger partial charge on any atom is -0.481 e. The van der Waals surface area contributed by atoms with Crippen LogP contribution in [0.15, 0.2) is 16.9 Å². The number of aliphatic carboxylic acids is 1. The summed E-state index contributed by atoms with van der Waals surface area (Å²) in [6.07, 6.45) is 0.436. The van der Waals surface area contributed by atoms with Gasteiger partial charge in [0.15, 0.2) is 0 Å². The number of carboxylic acids is 1. The number of likely N-dealkylation sites (tertiary alicyclic amines) is 1. The van der Waals surface area contributed by atoms with Gasteiger partial charge >= 0.3 is 5.97 Å². The van der Waals surface area contributed by atoms with E-state index >= 15 is 0 Å². The first kappa shape index (κ1) is 12.3. The predicted octanol–water partition coefficient (Wildman–Crippen LogP) is -0.295. The van der Waals surface area contributed by atoms with Gasteiger partial charge in [-0.25, -0.2) is 5.10 Å². The number of carbonyl (C=O) groups excluding carboxylic acids is 1. The standard InChI is InChI=1S/C11H13N3O4/c1-6-7(11(17)18)4-5-14(6)10(16)8-2-3-9(15)13-12-8/h2-3,6-7H,4-5H2,1H3,(H,13,15)(H,17,18). The van der Waals surface area contributed by atoms with Crippen molar-refractivity contribution in [1.29, 1.82) is 0 Å². The summed E-state index contributed by atoms with van der Waals surface area (Å²) in [4.78, 5) is 35.4. The molecule has 2 heterocycles. The molecule has 2 unspecified atom stereocenters. The molecular weight excluding hydrogens is 238 g/mol. The van der Waals surface area contributed by atoms with Crippen molar-refractivity contribution >= 4 is 11.9 Å². The van der Waals surface area contributed by atoms with E-state index in [4.69, 9.17) is 5.11 Å². The average molecular weight is 251 g/mol. The molecule has 1 aliphatic rings. The molecule has 1 fully saturated rings. The van der Waals surface area contributed by atoms with E-state index in [2.05, 4.69) is 10.2 Å². The number of nitrogens with one attached hydrogen (secondary N) is 1. The molecule has 96 valence electrons. The van der Waals surface area contributed by atoms with E-state index in [1.807, 2.05) is 0 Å². The molecule has 1 amide bonds. The van der Waals surface area contributed by atoms with Crippen molar-refractivity contribution in [2.75, 3.05) is 6.54 Å². The van der Waals surface area contributed by atoms with Crippen LogP contribution in [0.25, 0.3) is 0 Å². The molecule has 1 aliphatic heterocycles. The highest BCUT2D eigenvalue weighted by molar-refractivity contribution is 5.93. The Morgan fingerprint density at radius 3 is 2.72 bits per heavy atom. The second kappa shape index (κ2) is 4.59. The molecule has 7 heteroatoms. The van der Waals surface area contributed by atoms with Crippen LogP contribution in [0.4, 0.5) is 0 Å². The van der Waals surface area contributed by atoms with Crippen molar-refractivity contribution in [3.05, 3.63) is 28.2 Å². The lowest BCUT2D eigenvalue weighted by atomic mass is 10.0. The molecule has 0 saturated carbocycles. The molecule has 1 aromatic rings. The minimum atomic E-state index is -0.896. The highest BCUT2D eigenvalue weighted by Gasteiger charge is 2.38. The fraction of sp³-hybridized carbons (Fsp3) is 0.455. The maximum Gasteiger partial charge on any atom is 0.308 e. The Bertz CT molecular complexity index is 519. The van der Waals surface area contributed by atoms with Crippen molar-refractivity contribution in [3.63, 3.8) is 0 Å². The minimum absolute atomic E-state index is 0.118. The van der Waals surface area contributed by atoms with Crippen LogP contribution in [-0.2, 0) is 4.79 Å². The Hall–Kier alpha value is -2.18. The second-order valence-electron chi connectivity index (χ2n) is 4.28. The summed E-state index contributed by atoms with van der Waals surface area (Å²) in [5, 5.41) is 14.8. The number of carbonyl (C=O) groups is 2. The molecule has 1 aromatic heterocycles. The van der Waals surface area contributed by atoms with Gasteiger partial charge in [0.25, 0.3) is 11.5 Å². The third kappa shape index (κ3) is 2.11. The number of hydrogen-bond donors (Lipinski definition) is 2. The number of carboxylic acid groups (broad SMARTS) is 1. The van der Waals surface area contributed by atoms with Crippen LogP contribution < -0.4 is 5.56 Å². The maximum absolute atomic E-state index is 12.1. The van der Waals surface area contributed by atoms with Crippen LogP contribution >= 0.6 is 0 Å². The smallest absolute Gasteiger partial charge is 0.308 e. The summed E-state index contributed by atoms with van der Waals surface area (Å²) in [5.41, 5.74) is -0.267. The van der Waals surface area contributed by atoms with Gasteiger partial charge in [-0.3, -0.25) is 14.4 Å². The molecule has 0 radical (unpaired) electrons. The lowest BCUT2D eigenvalue weighted by Gasteiger charge is -2.22. The lowest BCUT2D eigenvalue weighted by Crippen LogP contribution is -2.38. The van der Waals surface area contributed by atoms with Crippen molar-refractivity contribution in [3.8, 4) is 0 Å². The summed E-state index contributed by atoms with van der Waals surface area (Å²) in [5.74, 6) is -1.80. The molecule has 0 aliphatic carbocycles. The Kier molecular flexibility index (Phi) is 3.14. The largest absolute Gasteiger partial charge is 0.481 e. The number of rotatable bonds is 2. The van der Waals surface area contributed by atoms with E-state index in [0.717, 1.165) is 0 Å². The molecule has 0 aromatic carbocycles. The van der Waals surface area contributed by atoms with E-state index in [1.165, 1.54) is 17.0 Å². The van der Waals surface area contributed by atoms with Gasteiger partial charge in [-0.15, -0.1) is 0 Å². The first-order valence-electron chi connectivity index (χ1n) is 5.60. The van der Waals surface area contributed by atoms with Gasteiger partial charge in [-0.05, 0) is 19.4 Å². The van der Waals surface area contributed by atoms with Crippen LogP contribution in [0.1, 0.15) is 23.8 Å². The second-order valence-corrected chi connectivity index (χ2v) is 4.28. The van der Waals surface area contributed by atoms with E-state index < -0.39 is 11.9 Å². The van der Waals surface area contributed by atoms with Crippen LogP contribution in [-0.4, -0.2) is 44.7 Å². The van der Waals surface area contributed by atoms with Gasteiger partial charge in [0.1, 0.15) is 5.69 Å². The average Bonchev–Trinajstić information content (AvgIpc) is 2.71. The Balaban J connectivity index is 2.18. The van der Waals surface area contributed by atoms with Crippen molar-refractivity contribution in [2.24, 2.45) is 5.92 Å². The number of amides is 1. The molecule has 2 atom stereocenters. The van der Waals surface area contributed by atoms with Crippen molar-refractivity contribution in [2.45, 2.75) is 19.4 Å². The van der Waals surface area contributed by atoms with Gasteiger partial charge in [0.05, 0.1) is 5.92 Å². The summed E-state index contributed by atoms with van der Waals surface area (Å²) in [6.45, 7) is 2.09. The number of H-pyrrole nitrogens is 1. The number of aromatic nitrogens is 2. The van der Waals surface area contributed by atoms with E-state index in [1.54, 1.807) is 6.92 Å². The van der Waals surface area contributed by atoms with Crippen LogP contribution in [0.5, 0.6) is 0 Å². The first-order valence-corrected chi connectivity index (χ1v) is 5.60. The zero-order chi connectivity index (χ0) is 13.3. The van der Waals surface area contributed by atoms with Gasteiger partial charge in [-0.2, -0.15) is 5.10 Å². The highest BCUT2D eigenvalue weighted by atomic mass is 16.4. The molecule has 7 nitrogen and oxygen atoms in total. The topological polar surface area (TPSA) is 103 Å². The lowest BCUT2D eigenvalue weighted by molar-refractivity contribution is -0.142. The van der Waals surface area contributed by atoms with Gasteiger partial charge in [-0.1, -0.05) is 0 Å². The fourth-order valence-corrected chi connectivity index (χ4v) is 2.17. The number of hydrogen-bond acceptors (Lipinski definition) is 4. The van der Waals surface area contributed by atoms with Gasteiger partial charge in [0, 0.05) is 18.7 Å². The quantitative estimate of drug-likeness (QED) is 0.751. The summed E-state index contributed by atoms with van der Waals surface area (Å²) >= 11 is 0. The van der Waals surface area contributed by atoms with E-state index in [9.17, 15) is 14.4 Å². The predicted molar refractivity (Wildman–Crippen MR) is 61.1 cm³/mol. The van der Waals surface area contributed by atoms with Crippen LogP contribution in [0.3, 0.4) is 0 Å². The zero-order valence-electron chi connectivity index (χ0n) is 9.79. The molecule has 0 bridgehead atoms. The highest BCUT2D eigenvalue weighted by Crippen LogP contribution is 2.25. The normalized spacial score (nSPS) is 23.1. The molecule has 1 saturated heterocycles. The summed E-state index contributed by atoms with van der Waals surface area (Å²) < 4.78 is 0. The SMILES string of the molecule is CC1C(C(=O)O)CCN1C(=O)c1ccc(=O)[nH]n1. The summed E-state index contributed by atoms with van der Waals surface area (Å²) in [7, 11) is 0. The third-order valence-electron chi connectivity index (χ3n) is 3.23. The van der Waals surface area contributed by atoms with Gasteiger partial charge in [0.2, 0.25) is 0 Å². The van der Waals surface area contributed by atoms with Crippen LogP contribution in [0.2, 0.25) is 0 Å². The summed E-state index contributed by atoms with van der Waals surface area (Å²) in [6, 6.07) is 2.18. The van der Waals surface area contributed by atoms with E-state index in [-0.39, 0.29) is 23.2 Å². The molecule has 2 N–H and O–H groups in total. The van der Waals surface area contributed by atoms with E-state index in [0.29, 0.717) is 13.0 Å². The monoisotopic (exact) mass is 251 g/mol. The Morgan fingerprint density at radius 2 is 2.22 bits per heavy atom. The third-order valence-corrected chi connectivity index (χ3v) is 3.23. The van der Waals surface area contributed by atoms with Crippen molar-refractivity contribution in [1.82, 2.24) is 15.1 Å². The molecule has 0 spiro atoms. The van der Waals surface area contributed by atoms with Gasteiger partial charge < -0.3 is 10.0 Å². The molecule has 18 heavy (non-hydrogen) atoms. The fourth-order valence-electron chi connectivity index (χ4n) is 2.17. The first-order chi connectivity index (χ1) is 8.50. The zero-order valence-corrected chi connectivity index (χ0v) is 9.79.